The van der Waals surface area contributed by atoms with Gasteiger partial charge < -0.3 is 10.1 Å². The molecule has 0 atom stereocenters. The smallest absolute Gasteiger partial charge is 0.357 e. The summed E-state index contributed by atoms with van der Waals surface area (Å²) >= 11 is 11.9. The van der Waals surface area contributed by atoms with E-state index in [0.29, 0.717) is 15.7 Å². The first-order chi connectivity index (χ1) is 10.9. The monoisotopic (exact) mass is 352 g/mol. The maximum atomic E-state index is 11.9. The number of anilines is 1. The number of ether oxygens (including phenoxy) is 1. The number of hydrogen-bond donors (Lipinski definition) is 1. The van der Waals surface area contributed by atoms with Crippen molar-refractivity contribution in [1.29, 1.82) is 0 Å². The molecular formula is C16H14Cl2N2O3. The standard InChI is InChI=1S/C16H14Cl2N2O3/c1-9-5-10(2)15(12(18)6-9)20-14(21)8-23-16(22)13-7-11(17)3-4-19-13/h3-7H,8H2,1-2H3,(H,20,21). The Kier molecular flexibility index (Phi) is 5.58. The Hall–Kier alpha value is -2.11. The molecule has 1 aromatic heterocycles. The SMILES string of the molecule is Cc1cc(C)c(NC(=O)COC(=O)c2cc(Cl)ccn2)c(Cl)c1. The van der Waals surface area contributed by atoms with Gasteiger partial charge in [-0.15, -0.1) is 0 Å². The number of hydrogen-bond acceptors (Lipinski definition) is 4. The molecule has 1 N–H and O–H groups in total. The molecule has 7 heteroatoms. The number of aryl methyl sites for hydroxylation is 2. The average molecular weight is 353 g/mol. The van der Waals surface area contributed by atoms with Crippen molar-refractivity contribution >= 4 is 40.8 Å². The minimum Gasteiger partial charge on any atom is -0.451 e. The number of amides is 1. The Morgan fingerprint density at radius 1 is 1.22 bits per heavy atom. The quantitative estimate of drug-likeness (QED) is 0.849. The maximum Gasteiger partial charge on any atom is 0.357 e. The molecule has 0 saturated carbocycles. The van der Waals surface area contributed by atoms with E-state index in [4.69, 9.17) is 27.9 Å². The van der Waals surface area contributed by atoms with Crippen LogP contribution < -0.4 is 5.32 Å². The van der Waals surface area contributed by atoms with Gasteiger partial charge in [0, 0.05) is 11.2 Å². The van der Waals surface area contributed by atoms with Gasteiger partial charge >= 0.3 is 5.97 Å². The van der Waals surface area contributed by atoms with Gasteiger partial charge in [-0.25, -0.2) is 9.78 Å². The lowest BCUT2D eigenvalue weighted by atomic mass is 10.1. The van der Waals surface area contributed by atoms with Gasteiger partial charge in [0.1, 0.15) is 5.69 Å². The molecule has 2 rings (SSSR count). The number of nitrogens with one attached hydrogen (secondary N) is 1. The molecule has 0 unspecified atom stereocenters. The van der Waals surface area contributed by atoms with Crippen LogP contribution in [0.1, 0.15) is 21.6 Å². The van der Waals surface area contributed by atoms with E-state index < -0.39 is 18.5 Å². The van der Waals surface area contributed by atoms with Crippen LogP contribution in [-0.4, -0.2) is 23.5 Å². The highest BCUT2D eigenvalue weighted by molar-refractivity contribution is 6.34. The molecule has 2 aromatic rings. The number of benzene rings is 1. The predicted molar refractivity (Wildman–Crippen MR) is 89.1 cm³/mol. The Morgan fingerprint density at radius 3 is 2.61 bits per heavy atom. The van der Waals surface area contributed by atoms with Crippen LogP contribution in [-0.2, 0) is 9.53 Å². The van der Waals surface area contributed by atoms with Crippen molar-refractivity contribution in [1.82, 2.24) is 4.98 Å². The molecule has 0 saturated heterocycles. The summed E-state index contributed by atoms with van der Waals surface area (Å²) in [7, 11) is 0. The van der Waals surface area contributed by atoms with Crippen LogP contribution in [0, 0.1) is 13.8 Å². The van der Waals surface area contributed by atoms with Crippen LogP contribution in [0.25, 0.3) is 0 Å². The summed E-state index contributed by atoms with van der Waals surface area (Å²) in [6.07, 6.45) is 1.38. The molecule has 0 spiro atoms. The third kappa shape index (κ3) is 4.68. The van der Waals surface area contributed by atoms with Crippen LogP contribution >= 0.6 is 23.2 Å². The summed E-state index contributed by atoms with van der Waals surface area (Å²) in [6.45, 7) is 3.29. The summed E-state index contributed by atoms with van der Waals surface area (Å²) in [5.74, 6) is -1.22. The third-order valence-electron chi connectivity index (χ3n) is 2.96. The van der Waals surface area contributed by atoms with Crippen molar-refractivity contribution < 1.29 is 14.3 Å². The second-order valence-corrected chi connectivity index (χ2v) is 5.77. The topological polar surface area (TPSA) is 68.3 Å². The number of pyridine rings is 1. The zero-order valence-corrected chi connectivity index (χ0v) is 14.0. The van der Waals surface area contributed by atoms with Crippen LogP contribution in [0.4, 0.5) is 5.69 Å². The zero-order valence-electron chi connectivity index (χ0n) is 12.5. The number of carbonyl (C=O) groups excluding carboxylic acids is 2. The Bertz CT molecular complexity index is 740. The van der Waals surface area contributed by atoms with E-state index in [1.807, 2.05) is 19.9 Å². The second kappa shape index (κ2) is 7.44. The lowest BCUT2D eigenvalue weighted by molar-refractivity contribution is -0.119. The first-order valence-corrected chi connectivity index (χ1v) is 7.47. The molecule has 1 aromatic carbocycles. The Balaban J connectivity index is 1.97. The van der Waals surface area contributed by atoms with Gasteiger partial charge in [0.05, 0.1) is 10.7 Å². The van der Waals surface area contributed by atoms with E-state index in [2.05, 4.69) is 10.3 Å². The molecule has 1 heterocycles. The highest BCUT2D eigenvalue weighted by Gasteiger charge is 2.14. The van der Waals surface area contributed by atoms with Crippen molar-refractivity contribution in [3.63, 3.8) is 0 Å². The first kappa shape index (κ1) is 17.2. The van der Waals surface area contributed by atoms with Gasteiger partial charge in [-0.1, -0.05) is 29.3 Å². The molecule has 0 aliphatic rings. The van der Waals surface area contributed by atoms with Gasteiger partial charge in [-0.05, 0) is 43.2 Å². The number of rotatable bonds is 4. The number of esters is 1. The molecule has 0 aliphatic carbocycles. The van der Waals surface area contributed by atoms with Gasteiger partial charge in [-0.3, -0.25) is 4.79 Å². The second-order valence-electron chi connectivity index (χ2n) is 4.92. The lowest BCUT2D eigenvalue weighted by Gasteiger charge is -2.11. The minimum atomic E-state index is -0.727. The van der Waals surface area contributed by atoms with Crippen LogP contribution in [0.2, 0.25) is 10.0 Å². The van der Waals surface area contributed by atoms with Crippen molar-refractivity contribution in [2.45, 2.75) is 13.8 Å². The van der Waals surface area contributed by atoms with Crippen molar-refractivity contribution in [3.8, 4) is 0 Å². The van der Waals surface area contributed by atoms with E-state index in [9.17, 15) is 9.59 Å². The third-order valence-corrected chi connectivity index (χ3v) is 3.49. The fourth-order valence-electron chi connectivity index (χ4n) is 1.97. The largest absolute Gasteiger partial charge is 0.451 e. The summed E-state index contributed by atoms with van der Waals surface area (Å²) < 4.78 is 4.91. The maximum absolute atomic E-state index is 11.9. The van der Waals surface area contributed by atoms with E-state index in [1.54, 1.807) is 6.07 Å². The molecular weight excluding hydrogens is 339 g/mol. The van der Waals surface area contributed by atoms with Crippen molar-refractivity contribution in [3.05, 3.63) is 57.3 Å². The van der Waals surface area contributed by atoms with Crippen LogP contribution in [0.15, 0.2) is 30.5 Å². The summed E-state index contributed by atoms with van der Waals surface area (Å²) in [4.78, 5) is 27.5. The molecule has 23 heavy (non-hydrogen) atoms. The lowest BCUT2D eigenvalue weighted by Crippen LogP contribution is -2.22. The van der Waals surface area contributed by atoms with Gasteiger partial charge in [-0.2, -0.15) is 0 Å². The zero-order chi connectivity index (χ0) is 17.0. The average Bonchev–Trinajstić information content (AvgIpc) is 2.48. The summed E-state index contributed by atoms with van der Waals surface area (Å²) in [5, 5.41) is 3.42. The Morgan fingerprint density at radius 2 is 1.96 bits per heavy atom. The fraction of sp³-hybridized carbons (Fsp3) is 0.188. The van der Waals surface area contributed by atoms with E-state index in [1.165, 1.54) is 18.3 Å². The molecule has 5 nitrogen and oxygen atoms in total. The van der Waals surface area contributed by atoms with Gasteiger partial charge in [0.25, 0.3) is 5.91 Å². The molecule has 120 valence electrons. The molecule has 0 fully saturated rings. The highest BCUT2D eigenvalue weighted by Crippen LogP contribution is 2.27. The molecule has 1 amide bonds. The molecule has 0 aliphatic heterocycles. The van der Waals surface area contributed by atoms with E-state index >= 15 is 0 Å². The van der Waals surface area contributed by atoms with E-state index in [-0.39, 0.29) is 5.69 Å². The van der Waals surface area contributed by atoms with Crippen LogP contribution in [0.3, 0.4) is 0 Å². The number of nitrogens with zero attached hydrogens (tertiary/aromatic N) is 1. The number of carbonyl (C=O) groups is 2. The number of halogens is 2. The van der Waals surface area contributed by atoms with Crippen LogP contribution in [0.5, 0.6) is 0 Å². The highest BCUT2D eigenvalue weighted by atomic mass is 35.5. The molecule has 0 radical (unpaired) electrons. The van der Waals surface area contributed by atoms with Gasteiger partial charge in [0.2, 0.25) is 0 Å². The predicted octanol–water partition coefficient (Wildman–Crippen LogP) is 3.80. The van der Waals surface area contributed by atoms with Crippen molar-refractivity contribution in [2.24, 2.45) is 0 Å². The summed E-state index contributed by atoms with van der Waals surface area (Å²) in [6, 6.07) is 6.53. The number of aromatic nitrogens is 1. The molecule has 0 bridgehead atoms. The first-order valence-electron chi connectivity index (χ1n) is 6.72. The van der Waals surface area contributed by atoms with Gasteiger partial charge in [0.15, 0.2) is 6.61 Å². The summed E-state index contributed by atoms with van der Waals surface area (Å²) in [5.41, 5.74) is 2.35. The fourth-order valence-corrected chi connectivity index (χ4v) is 2.50. The normalized spacial score (nSPS) is 10.3. The van der Waals surface area contributed by atoms with E-state index in [0.717, 1.165) is 11.1 Å². The Labute approximate surface area is 143 Å². The van der Waals surface area contributed by atoms with Crippen molar-refractivity contribution in [2.75, 3.05) is 11.9 Å². The minimum absolute atomic E-state index is 0.0369.